The zero-order valence-electron chi connectivity index (χ0n) is 9.78. The molecule has 0 bridgehead atoms. The van der Waals surface area contributed by atoms with Gasteiger partial charge in [0.1, 0.15) is 5.75 Å². The van der Waals surface area contributed by atoms with Crippen LogP contribution in [-0.2, 0) is 22.3 Å². The van der Waals surface area contributed by atoms with Crippen LogP contribution in [0.1, 0.15) is 11.1 Å². The first kappa shape index (κ1) is 11.7. The Hall–Kier alpha value is -1.41. The average Bonchev–Trinajstić information content (AvgIpc) is 2.63. The summed E-state index contributed by atoms with van der Waals surface area (Å²) in [5.74, 6) is 0.773. The van der Waals surface area contributed by atoms with Crippen LogP contribution >= 0.6 is 8.60 Å². The summed E-state index contributed by atoms with van der Waals surface area (Å²) in [5, 5.41) is 0. The van der Waals surface area contributed by atoms with Crippen LogP contribution in [0.3, 0.4) is 0 Å². The van der Waals surface area contributed by atoms with E-state index in [9.17, 15) is 0 Å². The van der Waals surface area contributed by atoms with E-state index in [0.29, 0.717) is 13.2 Å². The quantitative estimate of drug-likeness (QED) is 0.763. The molecule has 92 valence electrons. The molecule has 0 radical (unpaired) electrons. The van der Waals surface area contributed by atoms with Crippen molar-refractivity contribution >= 4 is 8.60 Å². The Labute approximate surface area is 107 Å². The van der Waals surface area contributed by atoms with Gasteiger partial charge >= 0.3 is 8.60 Å². The summed E-state index contributed by atoms with van der Waals surface area (Å²) in [6.07, 6.45) is 0. The van der Waals surface area contributed by atoms with Gasteiger partial charge in [0.25, 0.3) is 0 Å². The van der Waals surface area contributed by atoms with E-state index in [4.69, 9.17) is 13.6 Å². The van der Waals surface area contributed by atoms with Gasteiger partial charge in [0.05, 0.1) is 13.2 Å². The summed E-state index contributed by atoms with van der Waals surface area (Å²) in [5.41, 5.74) is 2.33. The number of rotatable bonds is 2. The zero-order valence-corrected chi connectivity index (χ0v) is 10.7. The maximum absolute atomic E-state index is 5.69. The molecule has 0 fully saturated rings. The Kier molecular flexibility index (Phi) is 3.56. The second kappa shape index (κ2) is 5.49. The third kappa shape index (κ3) is 2.70. The van der Waals surface area contributed by atoms with Crippen LogP contribution in [0.5, 0.6) is 5.75 Å². The maximum Gasteiger partial charge on any atom is 0.397 e. The van der Waals surface area contributed by atoms with Crippen LogP contribution in [0.2, 0.25) is 0 Å². The van der Waals surface area contributed by atoms with Crippen molar-refractivity contribution in [2.24, 2.45) is 0 Å². The third-order valence-corrected chi connectivity index (χ3v) is 3.73. The molecule has 1 aliphatic rings. The first-order chi connectivity index (χ1) is 8.92. The highest BCUT2D eigenvalue weighted by atomic mass is 31.2. The lowest BCUT2D eigenvalue weighted by Gasteiger charge is -2.13. The molecule has 0 amide bonds. The van der Waals surface area contributed by atoms with Gasteiger partial charge in [-0.2, -0.15) is 0 Å². The van der Waals surface area contributed by atoms with Gasteiger partial charge in [0.15, 0.2) is 0 Å². The van der Waals surface area contributed by atoms with Gasteiger partial charge in [0, 0.05) is 0 Å². The molecule has 0 saturated carbocycles. The highest BCUT2D eigenvalue weighted by molar-refractivity contribution is 7.42. The number of hydrogen-bond acceptors (Lipinski definition) is 3. The minimum absolute atomic E-state index is 0.536. The summed E-state index contributed by atoms with van der Waals surface area (Å²) in [7, 11) is -1.32. The van der Waals surface area contributed by atoms with Gasteiger partial charge in [0.2, 0.25) is 0 Å². The van der Waals surface area contributed by atoms with E-state index >= 15 is 0 Å². The first-order valence-electron chi connectivity index (χ1n) is 5.77. The van der Waals surface area contributed by atoms with Crippen molar-refractivity contribution in [3.8, 4) is 5.75 Å². The minimum Gasteiger partial charge on any atom is -0.427 e. The van der Waals surface area contributed by atoms with Gasteiger partial charge in [-0.15, -0.1) is 0 Å². The second-order valence-corrected chi connectivity index (χ2v) is 5.09. The fourth-order valence-corrected chi connectivity index (χ4v) is 2.70. The molecule has 4 heteroatoms. The Morgan fingerprint density at radius 1 is 0.778 bits per heavy atom. The molecule has 3 nitrogen and oxygen atoms in total. The Morgan fingerprint density at radius 3 is 1.94 bits per heavy atom. The summed E-state index contributed by atoms with van der Waals surface area (Å²) in [4.78, 5) is 0. The van der Waals surface area contributed by atoms with E-state index in [0.717, 1.165) is 5.75 Å². The predicted octanol–water partition coefficient (Wildman–Crippen LogP) is 4.04. The highest BCUT2D eigenvalue weighted by Gasteiger charge is 2.20. The molecule has 0 saturated heterocycles. The van der Waals surface area contributed by atoms with Crippen LogP contribution in [0.4, 0.5) is 0 Å². The SMILES string of the molecule is c1ccc(OP2OCc3ccccc3CO2)cc1. The van der Waals surface area contributed by atoms with Gasteiger partial charge in [-0.1, -0.05) is 42.5 Å². The van der Waals surface area contributed by atoms with Crippen molar-refractivity contribution in [1.29, 1.82) is 0 Å². The van der Waals surface area contributed by atoms with Gasteiger partial charge in [-0.25, -0.2) is 0 Å². The molecule has 2 aromatic carbocycles. The highest BCUT2D eigenvalue weighted by Crippen LogP contribution is 2.44. The Balaban J connectivity index is 1.68. The molecule has 0 aliphatic carbocycles. The van der Waals surface area contributed by atoms with Crippen LogP contribution in [-0.4, -0.2) is 0 Å². The molecular formula is C14H13O3P. The smallest absolute Gasteiger partial charge is 0.397 e. The number of hydrogen-bond donors (Lipinski definition) is 0. The standard InChI is InChI=1S/C14H13O3P/c1-2-8-14(9-3-1)17-18-15-10-12-6-4-5-7-13(12)11-16-18/h1-9H,10-11H2. The molecule has 0 spiro atoms. The Morgan fingerprint density at radius 2 is 1.33 bits per heavy atom. The number of benzene rings is 2. The lowest BCUT2D eigenvalue weighted by atomic mass is 10.1. The molecule has 2 aromatic rings. The van der Waals surface area contributed by atoms with Crippen molar-refractivity contribution < 1.29 is 13.6 Å². The fourth-order valence-electron chi connectivity index (χ4n) is 1.74. The Bertz CT molecular complexity index is 488. The van der Waals surface area contributed by atoms with Crippen molar-refractivity contribution in [3.05, 3.63) is 65.7 Å². The van der Waals surface area contributed by atoms with E-state index < -0.39 is 8.60 Å². The van der Waals surface area contributed by atoms with Gasteiger partial charge in [-0.3, -0.25) is 9.05 Å². The maximum atomic E-state index is 5.69. The van der Waals surface area contributed by atoms with Crippen molar-refractivity contribution in [2.75, 3.05) is 0 Å². The van der Waals surface area contributed by atoms with Crippen molar-refractivity contribution in [3.63, 3.8) is 0 Å². The van der Waals surface area contributed by atoms with Crippen LogP contribution in [0, 0.1) is 0 Å². The molecule has 0 unspecified atom stereocenters. The molecule has 1 heterocycles. The van der Waals surface area contributed by atoms with E-state index in [2.05, 4.69) is 12.1 Å². The van der Waals surface area contributed by atoms with E-state index in [1.165, 1.54) is 11.1 Å². The van der Waals surface area contributed by atoms with Crippen LogP contribution in [0.25, 0.3) is 0 Å². The topological polar surface area (TPSA) is 27.7 Å². The summed E-state index contributed by atoms with van der Waals surface area (Å²) < 4.78 is 17.0. The summed E-state index contributed by atoms with van der Waals surface area (Å²) >= 11 is 0. The van der Waals surface area contributed by atoms with E-state index in [1.54, 1.807) is 0 Å². The number of para-hydroxylation sites is 1. The molecule has 18 heavy (non-hydrogen) atoms. The summed E-state index contributed by atoms with van der Waals surface area (Å²) in [6.45, 7) is 1.07. The lowest BCUT2D eigenvalue weighted by Crippen LogP contribution is -1.93. The van der Waals surface area contributed by atoms with Crippen molar-refractivity contribution in [2.45, 2.75) is 13.2 Å². The monoisotopic (exact) mass is 260 g/mol. The van der Waals surface area contributed by atoms with Crippen LogP contribution in [0.15, 0.2) is 54.6 Å². The first-order valence-corrected chi connectivity index (χ1v) is 6.87. The summed E-state index contributed by atoms with van der Waals surface area (Å²) in [6, 6.07) is 17.7. The molecular weight excluding hydrogens is 247 g/mol. The molecule has 1 aliphatic heterocycles. The molecule has 0 N–H and O–H groups in total. The third-order valence-electron chi connectivity index (χ3n) is 2.69. The molecule has 3 rings (SSSR count). The van der Waals surface area contributed by atoms with E-state index in [1.807, 2.05) is 42.5 Å². The van der Waals surface area contributed by atoms with Gasteiger partial charge < -0.3 is 4.52 Å². The molecule has 0 aromatic heterocycles. The number of fused-ring (bicyclic) bond motifs is 1. The lowest BCUT2D eigenvalue weighted by molar-refractivity contribution is 0.208. The zero-order chi connectivity index (χ0) is 12.2. The normalized spacial score (nSPS) is 15.8. The average molecular weight is 260 g/mol. The van der Waals surface area contributed by atoms with E-state index in [-0.39, 0.29) is 0 Å². The molecule has 0 atom stereocenters. The second-order valence-electron chi connectivity index (χ2n) is 3.94. The fraction of sp³-hybridized carbons (Fsp3) is 0.143. The predicted molar refractivity (Wildman–Crippen MR) is 70.0 cm³/mol. The largest absolute Gasteiger partial charge is 0.427 e. The van der Waals surface area contributed by atoms with Gasteiger partial charge in [-0.05, 0) is 23.3 Å². The van der Waals surface area contributed by atoms with Crippen LogP contribution < -0.4 is 4.52 Å². The van der Waals surface area contributed by atoms with Crippen molar-refractivity contribution in [1.82, 2.24) is 0 Å². The minimum atomic E-state index is -1.32.